The van der Waals surface area contributed by atoms with Crippen molar-refractivity contribution < 1.29 is 9.47 Å². The molecule has 3 saturated heterocycles. The van der Waals surface area contributed by atoms with Crippen LogP contribution in [0.15, 0.2) is 12.4 Å². The smallest absolute Gasteiger partial charge is 0.0594 e. The van der Waals surface area contributed by atoms with Crippen LogP contribution in [0.2, 0.25) is 0 Å². The fourth-order valence-electron chi connectivity index (χ4n) is 4.74. The second-order valence-corrected chi connectivity index (χ2v) is 7.38. The zero-order chi connectivity index (χ0) is 16.4. The summed E-state index contributed by atoms with van der Waals surface area (Å²) in [5.41, 5.74) is 1.36. The van der Waals surface area contributed by atoms with Gasteiger partial charge < -0.3 is 9.47 Å². The van der Waals surface area contributed by atoms with Crippen molar-refractivity contribution in [3.05, 3.63) is 18.0 Å². The van der Waals surface area contributed by atoms with Crippen molar-refractivity contribution in [2.24, 2.45) is 7.05 Å². The first-order chi connectivity index (χ1) is 11.8. The SMILES string of the molecule is Cn1cc(C[C@H]2[C@H](N3CCOCC3)CCN2C2CCOCC2)cn1. The van der Waals surface area contributed by atoms with E-state index in [0.29, 0.717) is 18.1 Å². The summed E-state index contributed by atoms with van der Waals surface area (Å²) < 4.78 is 13.1. The van der Waals surface area contributed by atoms with E-state index < -0.39 is 0 Å². The third kappa shape index (κ3) is 3.52. The highest BCUT2D eigenvalue weighted by atomic mass is 16.5. The molecule has 1 aromatic rings. The number of hydrogen-bond donors (Lipinski definition) is 0. The molecule has 3 aliphatic heterocycles. The van der Waals surface area contributed by atoms with Crippen LogP contribution in [0.3, 0.4) is 0 Å². The number of likely N-dealkylation sites (tertiary alicyclic amines) is 1. The largest absolute Gasteiger partial charge is 0.381 e. The minimum atomic E-state index is 0.593. The standard InChI is InChI=1S/C18H30N4O2/c1-20-14-15(13-19-20)12-18-17(21-6-10-24-11-7-21)2-5-22(18)16-3-8-23-9-4-16/h13-14,16-18H,2-12H2,1H3/t17-,18+/m1/s1. The molecule has 0 unspecified atom stereocenters. The van der Waals surface area contributed by atoms with Crippen molar-refractivity contribution in [3.8, 4) is 0 Å². The van der Waals surface area contributed by atoms with Crippen LogP contribution >= 0.6 is 0 Å². The summed E-state index contributed by atoms with van der Waals surface area (Å²) in [6.07, 6.45) is 8.96. The number of aromatic nitrogens is 2. The summed E-state index contributed by atoms with van der Waals surface area (Å²) in [6.45, 7) is 6.98. The van der Waals surface area contributed by atoms with Crippen LogP contribution in [0.1, 0.15) is 24.8 Å². The van der Waals surface area contributed by atoms with Gasteiger partial charge in [0.1, 0.15) is 0 Å². The number of hydrogen-bond acceptors (Lipinski definition) is 5. The minimum Gasteiger partial charge on any atom is -0.381 e. The van der Waals surface area contributed by atoms with E-state index in [0.717, 1.165) is 45.9 Å². The summed E-state index contributed by atoms with van der Waals surface area (Å²) in [7, 11) is 2.01. The van der Waals surface area contributed by atoms with E-state index in [2.05, 4.69) is 21.1 Å². The maximum Gasteiger partial charge on any atom is 0.0594 e. The van der Waals surface area contributed by atoms with Gasteiger partial charge in [-0.15, -0.1) is 0 Å². The number of morpholine rings is 1. The maximum absolute atomic E-state index is 5.59. The molecule has 6 nitrogen and oxygen atoms in total. The van der Waals surface area contributed by atoms with Gasteiger partial charge >= 0.3 is 0 Å². The first kappa shape index (κ1) is 16.5. The van der Waals surface area contributed by atoms with Crippen molar-refractivity contribution in [2.45, 2.75) is 43.8 Å². The molecule has 0 spiro atoms. The molecule has 4 heterocycles. The maximum atomic E-state index is 5.59. The fraction of sp³-hybridized carbons (Fsp3) is 0.833. The van der Waals surface area contributed by atoms with E-state index in [4.69, 9.17) is 9.47 Å². The van der Waals surface area contributed by atoms with E-state index in [9.17, 15) is 0 Å². The number of ether oxygens (including phenoxy) is 2. The Morgan fingerprint density at radius 3 is 2.50 bits per heavy atom. The van der Waals surface area contributed by atoms with Crippen LogP contribution in [0.25, 0.3) is 0 Å². The van der Waals surface area contributed by atoms with Gasteiger partial charge in [-0.1, -0.05) is 0 Å². The van der Waals surface area contributed by atoms with Crippen LogP contribution in [-0.2, 0) is 22.9 Å². The highest BCUT2D eigenvalue weighted by Crippen LogP contribution is 2.31. The third-order valence-electron chi connectivity index (χ3n) is 5.93. The second-order valence-electron chi connectivity index (χ2n) is 7.38. The molecule has 0 N–H and O–H groups in total. The highest BCUT2D eigenvalue weighted by molar-refractivity contribution is 5.10. The molecule has 134 valence electrons. The summed E-state index contributed by atoms with van der Waals surface area (Å²) in [4.78, 5) is 5.46. The normalized spacial score (nSPS) is 30.9. The predicted octanol–water partition coefficient (Wildman–Crippen LogP) is 0.917. The topological polar surface area (TPSA) is 42.8 Å². The van der Waals surface area contributed by atoms with Gasteiger partial charge in [-0.05, 0) is 31.2 Å². The van der Waals surface area contributed by atoms with Crippen molar-refractivity contribution >= 4 is 0 Å². The Labute approximate surface area is 144 Å². The molecule has 6 heteroatoms. The van der Waals surface area contributed by atoms with Crippen LogP contribution < -0.4 is 0 Å². The molecule has 2 atom stereocenters. The third-order valence-corrected chi connectivity index (χ3v) is 5.93. The van der Waals surface area contributed by atoms with Crippen LogP contribution in [-0.4, -0.2) is 83.8 Å². The summed E-state index contributed by atoms with van der Waals surface area (Å²) in [6, 6.07) is 1.93. The molecule has 0 amide bonds. The molecule has 3 aliphatic rings. The first-order valence-electron chi connectivity index (χ1n) is 9.44. The van der Waals surface area contributed by atoms with E-state index in [1.165, 1.54) is 31.4 Å². The number of rotatable bonds is 4. The fourth-order valence-corrected chi connectivity index (χ4v) is 4.74. The molecule has 3 fully saturated rings. The molecule has 0 saturated carbocycles. The van der Waals surface area contributed by atoms with Crippen molar-refractivity contribution in [3.63, 3.8) is 0 Å². The minimum absolute atomic E-state index is 0.593. The molecular weight excluding hydrogens is 304 g/mol. The van der Waals surface area contributed by atoms with Gasteiger partial charge in [0.15, 0.2) is 0 Å². The molecule has 0 bridgehead atoms. The molecule has 0 aromatic carbocycles. The average Bonchev–Trinajstić information content (AvgIpc) is 3.23. The quantitative estimate of drug-likeness (QED) is 0.819. The van der Waals surface area contributed by atoms with E-state index in [1.807, 2.05) is 17.9 Å². The Bertz CT molecular complexity index is 497. The van der Waals surface area contributed by atoms with Crippen LogP contribution in [0, 0.1) is 0 Å². The zero-order valence-electron chi connectivity index (χ0n) is 14.8. The summed E-state index contributed by atoms with van der Waals surface area (Å²) in [5.74, 6) is 0. The molecule has 4 rings (SSSR count). The van der Waals surface area contributed by atoms with E-state index >= 15 is 0 Å². The monoisotopic (exact) mass is 334 g/mol. The number of aryl methyl sites for hydroxylation is 1. The van der Waals surface area contributed by atoms with Crippen LogP contribution in [0.5, 0.6) is 0 Å². The molecular formula is C18H30N4O2. The lowest BCUT2D eigenvalue weighted by molar-refractivity contribution is -0.00545. The van der Waals surface area contributed by atoms with Crippen molar-refractivity contribution in [1.82, 2.24) is 19.6 Å². The molecule has 0 radical (unpaired) electrons. The van der Waals surface area contributed by atoms with Gasteiger partial charge in [0.25, 0.3) is 0 Å². The Morgan fingerprint density at radius 1 is 1.04 bits per heavy atom. The molecule has 24 heavy (non-hydrogen) atoms. The number of nitrogens with zero attached hydrogens (tertiary/aromatic N) is 4. The Balaban J connectivity index is 1.51. The summed E-state index contributed by atoms with van der Waals surface area (Å²) in [5, 5.41) is 4.38. The first-order valence-corrected chi connectivity index (χ1v) is 9.44. The van der Waals surface area contributed by atoms with Gasteiger partial charge in [-0.3, -0.25) is 14.5 Å². The van der Waals surface area contributed by atoms with E-state index in [1.54, 1.807) is 0 Å². The van der Waals surface area contributed by atoms with Gasteiger partial charge in [0, 0.05) is 64.2 Å². The van der Waals surface area contributed by atoms with Gasteiger partial charge in [-0.2, -0.15) is 5.10 Å². The summed E-state index contributed by atoms with van der Waals surface area (Å²) >= 11 is 0. The van der Waals surface area contributed by atoms with Gasteiger partial charge in [-0.25, -0.2) is 0 Å². The van der Waals surface area contributed by atoms with E-state index in [-0.39, 0.29) is 0 Å². The zero-order valence-corrected chi connectivity index (χ0v) is 14.8. The molecule has 0 aliphatic carbocycles. The Hall–Kier alpha value is -0.950. The Kier molecular flexibility index (Phi) is 5.17. The second kappa shape index (κ2) is 7.52. The highest BCUT2D eigenvalue weighted by Gasteiger charge is 2.41. The predicted molar refractivity (Wildman–Crippen MR) is 92.0 cm³/mol. The molecule has 1 aromatic heterocycles. The lowest BCUT2D eigenvalue weighted by atomic mass is 9.98. The lowest BCUT2D eigenvalue weighted by Gasteiger charge is -2.40. The van der Waals surface area contributed by atoms with Crippen molar-refractivity contribution in [2.75, 3.05) is 46.1 Å². The van der Waals surface area contributed by atoms with Crippen molar-refractivity contribution in [1.29, 1.82) is 0 Å². The van der Waals surface area contributed by atoms with Crippen LogP contribution in [0.4, 0.5) is 0 Å². The van der Waals surface area contributed by atoms with Gasteiger partial charge in [0.05, 0.1) is 19.4 Å². The van der Waals surface area contributed by atoms with Gasteiger partial charge in [0.2, 0.25) is 0 Å². The average molecular weight is 334 g/mol. The Morgan fingerprint density at radius 2 is 1.79 bits per heavy atom. The lowest BCUT2D eigenvalue weighted by Crippen LogP contribution is -2.52.